The Kier molecular flexibility index (Phi) is 5.02. The quantitative estimate of drug-likeness (QED) is 0.691. The molecule has 0 spiro atoms. The summed E-state index contributed by atoms with van der Waals surface area (Å²) in [7, 11) is 2.02. The van der Waals surface area contributed by atoms with Gasteiger partial charge in [-0.2, -0.15) is 5.10 Å². The summed E-state index contributed by atoms with van der Waals surface area (Å²) in [6.07, 6.45) is 4.20. The van der Waals surface area contributed by atoms with Crippen LogP contribution in [-0.2, 0) is 13.6 Å². The average molecular weight is 346 g/mol. The van der Waals surface area contributed by atoms with Crippen molar-refractivity contribution < 1.29 is 0 Å². The Morgan fingerprint density at radius 3 is 2.19 bits per heavy atom. The van der Waals surface area contributed by atoms with Crippen LogP contribution in [0.1, 0.15) is 18.4 Å². The molecule has 0 saturated carbocycles. The Morgan fingerprint density at radius 2 is 1.58 bits per heavy atom. The molecule has 0 aliphatic carbocycles. The lowest BCUT2D eigenvalue weighted by atomic mass is 10.0. The predicted molar refractivity (Wildman–Crippen MR) is 107 cm³/mol. The second-order valence-electron chi connectivity index (χ2n) is 7.01. The highest BCUT2D eigenvalue weighted by Crippen LogP contribution is 2.31. The van der Waals surface area contributed by atoms with Crippen LogP contribution < -0.4 is 4.90 Å². The van der Waals surface area contributed by atoms with E-state index in [9.17, 15) is 0 Å². The molecule has 4 heteroatoms. The van der Waals surface area contributed by atoms with Gasteiger partial charge in [-0.1, -0.05) is 48.5 Å². The molecule has 1 fully saturated rings. The van der Waals surface area contributed by atoms with E-state index < -0.39 is 0 Å². The summed E-state index contributed by atoms with van der Waals surface area (Å²) in [4.78, 5) is 5.03. The van der Waals surface area contributed by atoms with Gasteiger partial charge < -0.3 is 4.90 Å². The summed E-state index contributed by atoms with van der Waals surface area (Å²) < 4.78 is 1.98. The second-order valence-corrected chi connectivity index (χ2v) is 7.01. The summed E-state index contributed by atoms with van der Waals surface area (Å²) in [6.45, 7) is 3.30. The van der Waals surface area contributed by atoms with Gasteiger partial charge >= 0.3 is 0 Å². The normalized spacial score (nSPS) is 15.9. The van der Waals surface area contributed by atoms with E-state index in [1.54, 1.807) is 0 Å². The van der Waals surface area contributed by atoms with Crippen LogP contribution in [0.2, 0.25) is 0 Å². The summed E-state index contributed by atoms with van der Waals surface area (Å²) in [5.74, 6) is 1.16. The molecule has 26 heavy (non-hydrogen) atoms. The van der Waals surface area contributed by atoms with Crippen LogP contribution in [0.15, 0.2) is 72.9 Å². The van der Waals surface area contributed by atoms with Crippen LogP contribution in [0.5, 0.6) is 0 Å². The number of benzene rings is 2. The van der Waals surface area contributed by atoms with Crippen molar-refractivity contribution in [2.45, 2.75) is 25.4 Å². The van der Waals surface area contributed by atoms with Crippen LogP contribution in [0.25, 0.3) is 0 Å². The van der Waals surface area contributed by atoms with E-state index in [-0.39, 0.29) is 0 Å². The minimum absolute atomic E-state index is 0.500. The molecule has 0 amide bonds. The molecule has 4 nitrogen and oxygen atoms in total. The minimum Gasteiger partial charge on any atom is -0.323 e. The highest BCUT2D eigenvalue weighted by atomic mass is 15.4. The number of piperidine rings is 1. The Hall–Kier alpha value is -2.59. The van der Waals surface area contributed by atoms with Crippen LogP contribution in [0, 0.1) is 0 Å². The van der Waals surface area contributed by atoms with Gasteiger partial charge in [0.25, 0.3) is 0 Å². The smallest absolute Gasteiger partial charge is 0.131 e. The van der Waals surface area contributed by atoms with Gasteiger partial charge in [-0.15, -0.1) is 0 Å². The molecule has 0 unspecified atom stereocenters. The van der Waals surface area contributed by atoms with Crippen molar-refractivity contribution in [2.24, 2.45) is 7.05 Å². The number of hydrogen-bond donors (Lipinski definition) is 0. The zero-order valence-electron chi connectivity index (χ0n) is 15.3. The minimum atomic E-state index is 0.500. The van der Waals surface area contributed by atoms with Crippen molar-refractivity contribution in [3.8, 4) is 0 Å². The topological polar surface area (TPSA) is 24.3 Å². The first-order valence-corrected chi connectivity index (χ1v) is 9.40. The van der Waals surface area contributed by atoms with Crippen LogP contribution >= 0.6 is 0 Å². The molecule has 0 bridgehead atoms. The molecule has 0 N–H and O–H groups in total. The number of aryl methyl sites for hydroxylation is 1. The molecular formula is C22H26N4. The number of aromatic nitrogens is 2. The summed E-state index contributed by atoms with van der Waals surface area (Å²) in [6, 6.07) is 24.1. The van der Waals surface area contributed by atoms with Gasteiger partial charge in [-0.3, -0.25) is 9.58 Å². The summed E-state index contributed by atoms with van der Waals surface area (Å²) in [5, 5.41) is 4.39. The Labute approximate surface area is 155 Å². The van der Waals surface area contributed by atoms with Gasteiger partial charge in [0.1, 0.15) is 5.82 Å². The number of nitrogens with zero attached hydrogens (tertiary/aromatic N) is 4. The predicted octanol–water partition coefficient (Wildman–Crippen LogP) is 4.22. The molecule has 4 rings (SSSR count). The Balaban J connectivity index is 1.49. The fraction of sp³-hybridized carbons (Fsp3) is 0.318. The third-order valence-corrected chi connectivity index (χ3v) is 5.25. The van der Waals surface area contributed by atoms with E-state index in [1.165, 1.54) is 11.3 Å². The lowest BCUT2D eigenvalue weighted by molar-refractivity contribution is 0.204. The molecule has 1 aromatic heterocycles. The molecule has 0 radical (unpaired) electrons. The highest BCUT2D eigenvalue weighted by Gasteiger charge is 2.27. The van der Waals surface area contributed by atoms with Crippen molar-refractivity contribution >= 4 is 11.5 Å². The van der Waals surface area contributed by atoms with Gasteiger partial charge in [0.15, 0.2) is 0 Å². The first-order chi connectivity index (χ1) is 12.8. The van der Waals surface area contributed by atoms with Crippen LogP contribution in [0.3, 0.4) is 0 Å². The molecular weight excluding hydrogens is 320 g/mol. The van der Waals surface area contributed by atoms with Crippen LogP contribution in [0.4, 0.5) is 11.5 Å². The number of para-hydroxylation sites is 1. The van der Waals surface area contributed by atoms with Crippen molar-refractivity contribution in [2.75, 3.05) is 18.0 Å². The van der Waals surface area contributed by atoms with E-state index in [4.69, 9.17) is 0 Å². The maximum Gasteiger partial charge on any atom is 0.131 e. The molecule has 0 atom stereocenters. The summed E-state index contributed by atoms with van der Waals surface area (Å²) in [5.41, 5.74) is 2.65. The molecule has 3 aromatic rings. The van der Waals surface area contributed by atoms with Crippen LogP contribution in [-0.4, -0.2) is 33.8 Å². The van der Waals surface area contributed by atoms with Gasteiger partial charge in [0, 0.05) is 44.5 Å². The lowest BCUT2D eigenvalue weighted by Crippen LogP contribution is -2.43. The zero-order chi connectivity index (χ0) is 17.8. The van der Waals surface area contributed by atoms with Gasteiger partial charge in [-0.05, 0) is 30.5 Å². The van der Waals surface area contributed by atoms with Crippen molar-refractivity contribution in [3.05, 3.63) is 78.5 Å². The van der Waals surface area contributed by atoms with E-state index in [0.717, 1.165) is 38.3 Å². The summed E-state index contributed by atoms with van der Waals surface area (Å²) >= 11 is 0. The average Bonchev–Trinajstić information content (AvgIpc) is 3.11. The molecule has 1 aliphatic rings. The monoisotopic (exact) mass is 346 g/mol. The first-order valence-electron chi connectivity index (χ1n) is 9.40. The maximum atomic E-state index is 4.39. The Bertz CT molecular complexity index is 804. The number of likely N-dealkylation sites (tertiary alicyclic amines) is 1. The second kappa shape index (κ2) is 7.75. The molecule has 2 heterocycles. The van der Waals surface area contributed by atoms with E-state index in [1.807, 2.05) is 17.9 Å². The molecule has 1 aliphatic heterocycles. The Morgan fingerprint density at radius 1 is 0.923 bits per heavy atom. The number of rotatable bonds is 5. The van der Waals surface area contributed by atoms with E-state index in [2.05, 4.69) is 81.6 Å². The fourth-order valence-corrected chi connectivity index (χ4v) is 3.90. The standard InChI is InChI=1S/C22H26N4/c1-24-22(12-15-23-24)26(20-10-6-3-7-11-20)21-13-16-25(17-14-21)18-19-8-4-2-5-9-19/h2-12,15,21H,13-14,16-18H2,1H3. The van der Waals surface area contributed by atoms with Crippen molar-refractivity contribution in [1.82, 2.24) is 14.7 Å². The highest BCUT2D eigenvalue weighted by molar-refractivity contribution is 5.61. The van der Waals surface area contributed by atoms with Gasteiger partial charge in [0.05, 0.1) is 6.20 Å². The molecule has 134 valence electrons. The van der Waals surface area contributed by atoms with E-state index in [0.29, 0.717) is 6.04 Å². The largest absolute Gasteiger partial charge is 0.323 e. The fourth-order valence-electron chi connectivity index (χ4n) is 3.90. The van der Waals surface area contributed by atoms with E-state index >= 15 is 0 Å². The number of hydrogen-bond acceptors (Lipinski definition) is 3. The van der Waals surface area contributed by atoms with Gasteiger partial charge in [0.2, 0.25) is 0 Å². The lowest BCUT2D eigenvalue weighted by Gasteiger charge is -2.39. The third kappa shape index (κ3) is 3.65. The third-order valence-electron chi connectivity index (χ3n) is 5.25. The molecule has 2 aromatic carbocycles. The van der Waals surface area contributed by atoms with Crippen molar-refractivity contribution in [1.29, 1.82) is 0 Å². The molecule has 1 saturated heterocycles. The number of anilines is 2. The first kappa shape index (κ1) is 16.9. The van der Waals surface area contributed by atoms with Gasteiger partial charge in [-0.25, -0.2) is 0 Å². The van der Waals surface area contributed by atoms with Crippen molar-refractivity contribution in [3.63, 3.8) is 0 Å². The maximum absolute atomic E-state index is 4.39. The zero-order valence-corrected chi connectivity index (χ0v) is 15.3. The SMILES string of the molecule is Cn1nccc1N(c1ccccc1)C1CCN(Cc2ccccc2)CC1.